The zero-order valence-corrected chi connectivity index (χ0v) is 13.0. The zero-order chi connectivity index (χ0) is 15.8. The number of hydrogen-bond donors (Lipinski definition) is 1. The predicted octanol–water partition coefficient (Wildman–Crippen LogP) is 2.69. The maximum Gasteiger partial charge on any atom is 0.328 e. The molecule has 5 heteroatoms. The lowest BCUT2D eigenvalue weighted by Crippen LogP contribution is -2.37. The molecule has 1 aromatic carbocycles. The maximum absolute atomic E-state index is 12.0. The summed E-state index contributed by atoms with van der Waals surface area (Å²) in [5.74, 6) is 0.132. The van der Waals surface area contributed by atoms with Gasteiger partial charge in [0.05, 0.1) is 13.2 Å². The van der Waals surface area contributed by atoms with Gasteiger partial charge < -0.3 is 14.8 Å². The highest BCUT2D eigenvalue weighted by molar-refractivity contribution is 5.97. The smallest absolute Gasteiger partial charge is 0.328 e. The van der Waals surface area contributed by atoms with E-state index in [1.807, 2.05) is 0 Å². The van der Waals surface area contributed by atoms with Gasteiger partial charge in [0.25, 0.3) is 5.91 Å². The average molecular weight is 305 g/mol. The van der Waals surface area contributed by atoms with Crippen molar-refractivity contribution in [2.24, 2.45) is 0 Å². The van der Waals surface area contributed by atoms with E-state index in [-0.39, 0.29) is 11.9 Å². The van der Waals surface area contributed by atoms with Gasteiger partial charge >= 0.3 is 5.97 Å². The molecule has 0 aliphatic carbocycles. The number of amides is 1. The fourth-order valence-electron chi connectivity index (χ4n) is 2.29. The molecule has 0 bridgehead atoms. The number of ether oxygens (including phenoxy) is 2. The zero-order valence-electron chi connectivity index (χ0n) is 13.0. The number of hydrogen-bond acceptors (Lipinski definition) is 4. The highest BCUT2D eigenvalue weighted by Crippen LogP contribution is 2.14. The molecule has 120 valence electrons. The number of rotatable bonds is 8. The lowest BCUT2D eigenvalue weighted by Gasteiger charge is -2.10. The van der Waals surface area contributed by atoms with Crippen molar-refractivity contribution in [3.8, 4) is 5.75 Å². The third-order valence-electron chi connectivity index (χ3n) is 3.62. The van der Waals surface area contributed by atoms with Crippen molar-refractivity contribution in [3.63, 3.8) is 0 Å². The van der Waals surface area contributed by atoms with E-state index in [4.69, 9.17) is 9.47 Å². The maximum atomic E-state index is 12.0. The van der Waals surface area contributed by atoms with Gasteiger partial charge in [0.1, 0.15) is 11.8 Å². The van der Waals surface area contributed by atoms with Crippen molar-refractivity contribution in [3.05, 3.63) is 29.8 Å². The Balaban J connectivity index is 1.78. The predicted molar refractivity (Wildman–Crippen MR) is 82.9 cm³/mol. The molecular weight excluding hydrogens is 282 g/mol. The minimum atomic E-state index is -0.526. The highest BCUT2D eigenvalue weighted by atomic mass is 16.5. The molecule has 0 aromatic heterocycles. The van der Waals surface area contributed by atoms with E-state index in [0.717, 1.165) is 12.2 Å². The Morgan fingerprint density at radius 2 is 2.05 bits per heavy atom. The molecule has 0 radical (unpaired) electrons. The number of nitrogens with one attached hydrogen (secondary N) is 1. The first kappa shape index (κ1) is 16.3. The van der Waals surface area contributed by atoms with Crippen LogP contribution in [0.1, 0.15) is 49.4 Å². The SMILES string of the molecule is CCCCCCOc1ccc(C(=O)N[C@H]2CCOC2=O)cc1. The Morgan fingerprint density at radius 3 is 2.68 bits per heavy atom. The number of cyclic esters (lactones) is 1. The minimum absolute atomic E-state index is 0.265. The molecule has 1 N–H and O–H groups in total. The van der Waals surface area contributed by atoms with Crippen LogP contribution in [0.25, 0.3) is 0 Å². The van der Waals surface area contributed by atoms with Gasteiger partial charge in [-0.05, 0) is 30.7 Å². The van der Waals surface area contributed by atoms with Crippen LogP contribution in [0, 0.1) is 0 Å². The second-order valence-electron chi connectivity index (χ2n) is 5.42. The molecule has 5 nitrogen and oxygen atoms in total. The van der Waals surface area contributed by atoms with Crippen LogP contribution in [0.15, 0.2) is 24.3 Å². The molecule has 22 heavy (non-hydrogen) atoms. The molecule has 0 saturated carbocycles. The topological polar surface area (TPSA) is 64.6 Å². The van der Waals surface area contributed by atoms with Gasteiger partial charge in [-0.2, -0.15) is 0 Å². The van der Waals surface area contributed by atoms with Gasteiger partial charge in [0, 0.05) is 12.0 Å². The third-order valence-corrected chi connectivity index (χ3v) is 3.62. The summed E-state index contributed by atoms with van der Waals surface area (Å²) in [4.78, 5) is 23.4. The Bertz CT molecular complexity index is 498. The van der Waals surface area contributed by atoms with Gasteiger partial charge in [-0.1, -0.05) is 26.2 Å². The van der Waals surface area contributed by atoms with E-state index in [0.29, 0.717) is 25.2 Å². The van der Waals surface area contributed by atoms with Crippen molar-refractivity contribution >= 4 is 11.9 Å². The molecule has 1 aromatic rings. The first-order valence-electron chi connectivity index (χ1n) is 7.91. The van der Waals surface area contributed by atoms with Crippen LogP contribution in [-0.2, 0) is 9.53 Å². The molecule has 0 unspecified atom stereocenters. The Morgan fingerprint density at radius 1 is 1.27 bits per heavy atom. The van der Waals surface area contributed by atoms with Crippen LogP contribution in [0.3, 0.4) is 0 Å². The normalized spacial score (nSPS) is 17.1. The quantitative estimate of drug-likeness (QED) is 0.592. The van der Waals surface area contributed by atoms with Crippen molar-refractivity contribution in [2.75, 3.05) is 13.2 Å². The molecule has 0 spiro atoms. The first-order chi connectivity index (χ1) is 10.7. The number of esters is 1. The highest BCUT2D eigenvalue weighted by Gasteiger charge is 2.28. The van der Waals surface area contributed by atoms with Crippen LogP contribution in [0.5, 0.6) is 5.75 Å². The van der Waals surface area contributed by atoms with Crippen LogP contribution in [-0.4, -0.2) is 31.1 Å². The van der Waals surface area contributed by atoms with Crippen molar-refractivity contribution in [2.45, 2.75) is 45.1 Å². The van der Waals surface area contributed by atoms with E-state index in [1.165, 1.54) is 19.3 Å². The second-order valence-corrected chi connectivity index (χ2v) is 5.42. The summed E-state index contributed by atoms with van der Waals surface area (Å²) in [7, 11) is 0. The molecule has 1 aliphatic rings. The van der Waals surface area contributed by atoms with E-state index >= 15 is 0 Å². The van der Waals surface area contributed by atoms with E-state index in [2.05, 4.69) is 12.2 Å². The largest absolute Gasteiger partial charge is 0.494 e. The van der Waals surface area contributed by atoms with Crippen LogP contribution in [0.2, 0.25) is 0 Å². The molecular formula is C17H23NO4. The number of benzene rings is 1. The summed E-state index contributed by atoms with van der Waals surface area (Å²) in [6.07, 6.45) is 5.18. The number of carbonyl (C=O) groups is 2. The minimum Gasteiger partial charge on any atom is -0.494 e. The molecule has 1 fully saturated rings. The molecule has 1 aliphatic heterocycles. The summed E-state index contributed by atoms with van der Waals surface area (Å²) in [6.45, 7) is 3.24. The molecule has 2 rings (SSSR count). The van der Waals surface area contributed by atoms with E-state index in [1.54, 1.807) is 24.3 Å². The summed E-state index contributed by atoms with van der Waals surface area (Å²) >= 11 is 0. The summed E-state index contributed by atoms with van der Waals surface area (Å²) in [5, 5.41) is 2.68. The van der Waals surface area contributed by atoms with Crippen LogP contribution < -0.4 is 10.1 Å². The van der Waals surface area contributed by atoms with Crippen molar-refractivity contribution in [1.29, 1.82) is 0 Å². The lowest BCUT2D eigenvalue weighted by molar-refractivity contribution is -0.139. The van der Waals surface area contributed by atoms with Gasteiger partial charge in [-0.15, -0.1) is 0 Å². The van der Waals surface area contributed by atoms with Gasteiger partial charge in [0.2, 0.25) is 0 Å². The first-order valence-corrected chi connectivity index (χ1v) is 7.91. The van der Waals surface area contributed by atoms with E-state index in [9.17, 15) is 9.59 Å². The Labute approximate surface area is 131 Å². The average Bonchev–Trinajstić information content (AvgIpc) is 2.93. The van der Waals surface area contributed by atoms with Gasteiger partial charge in [-0.25, -0.2) is 4.79 Å². The lowest BCUT2D eigenvalue weighted by atomic mass is 10.1. The summed E-state index contributed by atoms with van der Waals surface area (Å²) in [5.41, 5.74) is 0.512. The molecule has 1 atom stereocenters. The van der Waals surface area contributed by atoms with Crippen LogP contribution >= 0.6 is 0 Å². The van der Waals surface area contributed by atoms with Gasteiger partial charge in [0.15, 0.2) is 0 Å². The Kier molecular flexibility index (Phi) is 6.25. The third kappa shape index (κ3) is 4.76. The van der Waals surface area contributed by atoms with Crippen LogP contribution in [0.4, 0.5) is 0 Å². The van der Waals surface area contributed by atoms with E-state index < -0.39 is 6.04 Å². The standard InChI is InChI=1S/C17H23NO4/c1-2-3-4-5-11-21-14-8-6-13(7-9-14)16(19)18-15-10-12-22-17(15)20/h6-9,15H,2-5,10-12H2,1H3,(H,18,19)/t15-/m0/s1. The molecule has 1 heterocycles. The summed E-state index contributed by atoms with van der Waals surface area (Å²) in [6, 6.07) is 6.44. The second kappa shape index (κ2) is 8.41. The van der Waals surface area contributed by atoms with Gasteiger partial charge in [-0.3, -0.25) is 4.79 Å². The fraction of sp³-hybridized carbons (Fsp3) is 0.529. The number of carbonyl (C=O) groups excluding carboxylic acids is 2. The molecule has 1 saturated heterocycles. The monoisotopic (exact) mass is 305 g/mol. The van der Waals surface area contributed by atoms with Crippen molar-refractivity contribution in [1.82, 2.24) is 5.32 Å². The number of unbranched alkanes of at least 4 members (excludes halogenated alkanes) is 3. The fourth-order valence-corrected chi connectivity index (χ4v) is 2.29. The Hall–Kier alpha value is -2.04. The van der Waals surface area contributed by atoms with Crippen molar-refractivity contribution < 1.29 is 19.1 Å². The summed E-state index contributed by atoms with van der Waals surface area (Å²) < 4.78 is 10.5. The molecule has 1 amide bonds.